The first kappa shape index (κ1) is 13.2. The van der Waals surface area contributed by atoms with Gasteiger partial charge in [0.2, 0.25) is 0 Å². The van der Waals surface area contributed by atoms with E-state index < -0.39 is 0 Å². The van der Waals surface area contributed by atoms with Crippen molar-refractivity contribution in [1.82, 2.24) is 9.80 Å². The molecule has 0 aliphatic carbocycles. The number of rotatable bonds is 3. The summed E-state index contributed by atoms with van der Waals surface area (Å²) in [6.07, 6.45) is 2.45. The van der Waals surface area contributed by atoms with Crippen molar-refractivity contribution in [1.29, 1.82) is 0 Å². The fraction of sp³-hybridized carbons (Fsp3) is 0.571. The van der Waals surface area contributed by atoms with Crippen LogP contribution in [0.4, 0.5) is 5.69 Å². The minimum absolute atomic E-state index is 0.171. The Hall–Kier alpha value is -1.26. The summed E-state index contributed by atoms with van der Waals surface area (Å²) in [5.74, 6) is 0.171. The highest BCUT2D eigenvalue weighted by molar-refractivity contribution is 5.53. The van der Waals surface area contributed by atoms with Gasteiger partial charge in [0.1, 0.15) is 5.75 Å². The zero-order valence-corrected chi connectivity index (χ0v) is 11.3. The second-order valence-corrected chi connectivity index (χ2v) is 5.36. The Bertz CT molecular complexity index is 398. The molecule has 3 N–H and O–H groups in total. The van der Waals surface area contributed by atoms with Crippen LogP contribution < -0.4 is 5.73 Å². The van der Waals surface area contributed by atoms with Crippen molar-refractivity contribution >= 4 is 5.69 Å². The van der Waals surface area contributed by atoms with Gasteiger partial charge in [-0.15, -0.1) is 0 Å². The number of aromatic hydroxyl groups is 1. The highest BCUT2D eigenvalue weighted by atomic mass is 16.3. The average molecular weight is 249 g/mol. The molecule has 100 valence electrons. The number of phenols is 1. The molecule has 0 radical (unpaired) electrons. The van der Waals surface area contributed by atoms with E-state index in [0.717, 1.165) is 19.6 Å². The van der Waals surface area contributed by atoms with E-state index in [1.807, 2.05) is 12.1 Å². The number of anilines is 1. The minimum Gasteiger partial charge on any atom is -0.506 e. The van der Waals surface area contributed by atoms with Gasteiger partial charge in [0, 0.05) is 12.6 Å². The Morgan fingerprint density at radius 2 is 2.00 bits per heavy atom. The van der Waals surface area contributed by atoms with Gasteiger partial charge >= 0.3 is 0 Å². The maximum Gasteiger partial charge on any atom is 0.138 e. The summed E-state index contributed by atoms with van der Waals surface area (Å²) in [5.41, 5.74) is 7.36. The zero-order valence-electron chi connectivity index (χ0n) is 11.3. The van der Waals surface area contributed by atoms with Gasteiger partial charge in [0.15, 0.2) is 0 Å². The Kier molecular flexibility index (Phi) is 4.09. The van der Waals surface area contributed by atoms with Crippen LogP contribution in [0.15, 0.2) is 18.2 Å². The van der Waals surface area contributed by atoms with Crippen LogP contribution in [0.3, 0.4) is 0 Å². The summed E-state index contributed by atoms with van der Waals surface area (Å²) in [6, 6.07) is 6.21. The van der Waals surface area contributed by atoms with E-state index >= 15 is 0 Å². The Balaban J connectivity index is 1.89. The Morgan fingerprint density at radius 1 is 1.33 bits per heavy atom. The van der Waals surface area contributed by atoms with Crippen molar-refractivity contribution in [2.45, 2.75) is 25.4 Å². The summed E-state index contributed by atoms with van der Waals surface area (Å²) < 4.78 is 0. The number of hydrogen-bond acceptors (Lipinski definition) is 4. The molecule has 0 unspecified atom stereocenters. The molecule has 1 fully saturated rings. The third kappa shape index (κ3) is 3.15. The molecular formula is C14H23N3O. The van der Waals surface area contributed by atoms with Gasteiger partial charge in [0.05, 0.1) is 5.69 Å². The van der Waals surface area contributed by atoms with Gasteiger partial charge in [-0.25, -0.2) is 0 Å². The summed E-state index contributed by atoms with van der Waals surface area (Å²) in [5, 5.41) is 9.40. The molecule has 2 rings (SSSR count). The first-order valence-electron chi connectivity index (χ1n) is 6.52. The van der Waals surface area contributed by atoms with E-state index in [2.05, 4.69) is 23.9 Å². The van der Waals surface area contributed by atoms with Crippen LogP contribution in [0.5, 0.6) is 5.75 Å². The second kappa shape index (κ2) is 5.59. The molecular weight excluding hydrogens is 226 g/mol. The lowest BCUT2D eigenvalue weighted by molar-refractivity contribution is 0.140. The van der Waals surface area contributed by atoms with Gasteiger partial charge < -0.3 is 15.7 Å². The van der Waals surface area contributed by atoms with Crippen LogP contribution in [0.1, 0.15) is 18.4 Å². The zero-order chi connectivity index (χ0) is 13.1. The molecule has 1 saturated heterocycles. The number of piperidine rings is 1. The van der Waals surface area contributed by atoms with Crippen LogP contribution in [-0.4, -0.2) is 48.1 Å². The monoisotopic (exact) mass is 249 g/mol. The molecule has 18 heavy (non-hydrogen) atoms. The van der Waals surface area contributed by atoms with Crippen LogP contribution in [0.2, 0.25) is 0 Å². The number of nitrogen functional groups attached to an aromatic ring is 1. The highest BCUT2D eigenvalue weighted by Crippen LogP contribution is 2.22. The summed E-state index contributed by atoms with van der Waals surface area (Å²) in [6.45, 7) is 3.18. The molecule has 1 heterocycles. The fourth-order valence-electron chi connectivity index (χ4n) is 2.55. The van der Waals surface area contributed by atoms with Crippen molar-refractivity contribution < 1.29 is 5.11 Å². The molecule has 4 nitrogen and oxygen atoms in total. The quantitative estimate of drug-likeness (QED) is 0.629. The Labute approximate surface area is 109 Å². The fourth-order valence-corrected chi connectivity index (χ4v) is 2.55. The van der Waals surface area contributed by atoms with Gasteiger partial charge in [-0.3, -0.25) is 4.90 Å². The minimum atomic E-state index is 0.171. The Morgan fingerprint density at radius 3 is 2.56 bits per heavy atom. The molecule has 0 aromatic heterocycles. The third-order valence-electron chi connectivity index (χ3n) is 3.79. The van der Waals surface area contributed by atoms with E-state index in [1.165, 1.54) is 18.4 Å². The molecule has 1 aromatic rings. The lowest BCUT2D eigenvalue weighted by Crippen LogP contribution is -2.41. The number of likely N-dealkylation sites (tertiary alicyclic amines) is 1. The van der Waals surface area contributed by atoms with E-state index in [1.54, 1.807) is 6.07 Å². The van der Waals surface area contributed by atoms with Crippen LogP contribution in [-0.2, 0) is 6.54 Å². The molecule has 4 heteroatoms. The van der Waals surface area contributed by atoms with Crippen molar-refractivity contribution in [2.75, 3.05) is 32.9 Å². The van der Waals surface area contributed by atoms with Crippen molar-refractivity contribution in [3.05, 3.63) is 23.8 Å². The van der Waals surface area contributed by atoms with Crippen LogP contribution in [0.25, 0.3) is 0 Å². The molecule has 0 bridgehead atoms. The number of phenolic OH excluding ortho intramolecular Hbond substituents is 1. The van der Waals surface area contributed by atoms with E-state index in [4.69, 9.17) is 5.73 Å². The number of nitrogens with zero attached hydrogens (tertiary/aromatic N) is 2. The molecule has 0 spiro atoms. The molecule has 0 saturated carbocycles. The van der Waals surface area contributed by atoms with Crippen molar-refractivity contribution in [3.8, 4) is 5.75 Å². The molecule has 1 aliphatic rings. The van der Waals surface area contributed by atoms with Gasteiger partial charge in [-0.2, -0.15) is 0 Å². The van der Waals surface area contributed by atoms with Crippen LogP contribution >= 0.6 is 0 Å². The maximum absolute atomic E-state index is 9.40. The van der Waals surface area contributed by atoms with Gasteiger partial charge in [-0.1, -0.05) is 6.07 Å². The van der Waals surface area contributed by atoms with E-state index in [-0.39, 0.29) is 5.75 Å². The number of hydrogen-bond donors (Lipinski definition) is 2. The molecule has 1 aromatic carbocycles. The predicted molar refractivity (Wildman–Crippen MR) is 74.5 cm³/mol. The van der Waals surface area contributed by atoms with Crippen molar-refractivity contribution in [2.24, 2.45) is 0 Å². The maximum atomic E-state index is 9.40. The number of nitrogens with two attached hydrogens (primary N) is 1. The summed E-state index contributed by atoms with van der Waals surface area (Å²) in [7, 11) is 4.31. The summed E-state index contributed by atoms with van der Waals surface area (Å²) in [4.78, 5) is 4.77. The predicted octanol–water partition coefficient (Wildman–Crippen LogP) is 1.50. The van der Waals surface area contributed by atoms with E-state index in [9.17, 15) is 5.11 Å². The molecule has 0 amide bonds. The first-order valence-corrected chi connectivity index (χ1v) is 6.52. The van der Waals surface area contributed by atoms with Crippen molar-refractivity contribution in [3.63, 3.8) is 0 Å². The molecule has 1 aliphatic heterocycles. The lowest BCUT2D eigenvalue weighted by atomic mass is 10.0. The third-order valence-corrected chi connectivity index (χ3v) is 3.79. The second-order valence-electron chi connectivity index (χ2n) is 5.36. The first-order chi connectivity index (χ1) is 8.56. The SMILES string of the molecule is CN(C)C1CCN(Cc2ccc(O)c(N)c2)CC1. The topological polar surface area (TPSA) is 52.7 Å². The largest absolute Gasteiger partial charge is 0.506 e. The number of benzene rings is 1. The normalized spacial score (nSPS) is 18.4. The van der Waals surface area contributed by atoms with Crippen LogP contribution in [0, 0.1) is 0 Å². The van der Waals surface area contributed by atoms with Gasteiger partial charge in [-0.05, 0) is 57.7 Å². The van der Waals surface area contributed by atoms with E-state index in [0.29, 0.717) is 11.7 Å². The van der Waals surface area contributed by atoms with Gasteiger partial charge in [0.25, 0.3) is 0 Å². The molecule has 0 atom stereocenters. The lowest BCUT2D eigenvalue weighted by Gasteiger charge is -2.35. The summed E-state index contributed by atoms with van der Waals surface area (Å²) >= 11 is 0. The average Bonchev–Trinajstić information content (AvgIpc) is 2.34. The highest BCUT2D eigenvalue weighted by Gasteiger charge is 2.20. The standard InChI is InChI=1S/C14H23N3O/c1-16(2)12-5-7-17(8-6-12)10-11-3-4-14(18)13(15)9-11/h3-4,9,12,18H,5-8,10,15H2,1-2H3. The smallest absolute Gasteiger partial charge is 0.138 e.